The number of aryl methyl sites for hydroxylation is 1. The Balaban J connectivity index is 1.50. The van der Waals surface area contributed by atoms with Gasteiger partial charge in [-0.05, 0) is 13.0 Å². The number of anilines is 1. The molecule has 1 aliphatic rings. The highest BCUT2D eigenvalue weighted by atomic mass is 19.1. The Hall–Kier alpha value is -2.41. The molecule has 1 fully saturated rings. The van der Waals surface area contributed by atoms with Gasteiger partial charge in [0.05, 0.1) is 0 Å². The second-order valence-electron chi connectivity index (χ2n) is 5.61. The molecule has 2 heterocycles. The smallest absolute Gasteiger partial charge is 0.323 e. The summed E-state index contributed by atoms with van der Waals surface area (Å²) in [7, 11) is 0. The lowest BCUT2D eigenvalue weighted by Crippen LogP contribution is -2.49. The monoisotopic (exact) mass is 318 g/mol. The van der Waals surface area contributed by atoms with Crippen LogP contribution in [0.15, 0.2) is 34.9 Å². The lowest BCUT2D eigenvalue weighted by Gasteiger charge is -2.34. The lowest BCUT2D eigenvalue weighted by molar-refractivity contribution is 0.142. The first-order valence-corrected chi connectivity index (χ1v) is 7.57. The fourth-order valence-electron chi connectivity index (χ4n) is 2.59. The minimum atomic E-state index is -0.191. The fourth-order valence-corrected chi connectivity index (χ4v) is 2.59. The molecule has 0 aliphatic carbocycles. The molecule has 1 aromatic heterocycles. The second-order valence-corrected chi connectivity index (χ2v) is 5.61. The van der Waals surface area contributed by atoms with Gasteiger partial charge >= 0.3 is 6.03 Å². The summed E-state index contributed by atoms with van der Waals surface area (Å²) in [5.74, 6) is 0.880. The number of nitrogens with one attached hydrogen (secondary N) is 1. The summed E-state index contributed by atoms with van der Waals surface area (Å²) >= 11 is 0. The van der Waals surface area contributed by atoms with Crippen LogP contribution in [0.1, 0.15) is 11.3 Å². The van der Waals surface area contributed by atoms with Crippen molar-refractivity contribution in [3.8, 4) is 0 Å². The van der Waals surface area contributed by atoms with Crippen LogP contribution in [-0.4, -0.2) is 47.2 Å². The van der Waals surface area contributed by atoms with Crippen LogP contribution in [0.5, 0.6) is 0 Å². The maximum absolute atomic E-state index is 13.7. The van der Waals surface area contributed by atoms with E-state index in [1.165, 1.54) is 6.07 Å². The second kappa shape index (κ2) is 6.78. The molecule has 23 heavy (non-hydrogen) atoms. The Kier molecular flexibility index (Phi) is 4.57. The number of carbonyl (C=O) groups is 1. The molecule has 0 atom stereocenters. The molecule has 1 saturated heterocycles. The van der Waals surface area contributed by atoms with Gasteiger partial charge in [-0.2, -0.15) is 0 Å². The van der Waals surface area contributed by atoms with Gasteiger partial charge in [0, 0.05) is 44.4 Å². The van der Waals surface area contributed by atoms with Crippen molar-refractivity contribution in [3.63, 3.8) is 0 Å². The molecule has 1 aromatic carbocycles. The van der Waals surface area contributed by atoms with Gasteiger partial charge in [-0.3, -0.25) is 10.2 Å². The van der Waals surface area contributed by atoms with Crippen LogP contribution in [0.2, 0.25) is 0 Å². The molecule has 1 aliphatic heterocycles. The Morgan fingerprint density at radius 1 is 1.30 bits per heavy atom. The normalized spacial score (nSPS) is 15.7. The molecule has 3 rings (SSSR count). The van der Waals surface area contributed by atoms with Gasteiger partial charge in [-0.1, -0.05) is 23.4 Å². The summed E-state index contributed by atoms with van der Waals surface area (Å²) < 4.78 is 18.6. The summed E-state index contributed by atoms with van der Waals surface area (Å²) in [6, 6.07) is 8.27. The average molecular weight is 318 g/mol. The number of halogens is 1. The van der Waals surface area contributed by atoms with E-state index < -0.39 is 0 Å². The van der Waals surface area contributed by atoms with Gasteiger partial charge in [0.15, 0.2) is 5.82 Å². The van der Waals surface area contributed by atoms with Crippen molar-refractivity contribution in [2.24, 2.45) is 0 Å². The quantitative estimate of drug-likeness (QED) is 0.944. The third-order valence-electron chi connectivity index (χ3n) is 3.87. The summed E-state index contributed by atoms with van der Waals surface area (Å²) in [6.07, 6.45) is 0. The number of carbonyl (C=O) groups excluding carboxylic acids is 1. The molecular formula is C16H19FN4O2. The predicted molar refractivity (Wildman–Crippen MR) is 83.5 cm³/mol. The zero-order valence-corrected chi connectivity index (χ0v) is 13.0. The Morgan fingerprint density at radius 3 is 2.70 bits per heavy atom. The Bertz CT molecular complexity index is 680. The number of hydrogen-bond donors (Lipinski definition) is 1. The SMILES string of the molecule is Cc1cc(NC(=O)N2CCN(Cc3ccccc3F)CC2)no1. The minimum Gasteiger partial charge on any atom is -0.360 e. The number of hydrogen-bond acceptors (Lipinski definition) is 4. The average Bonchev–Trinajstić information content (AvgIpc) is 2.95. The summed E-state index contributed by atoms with van der Waals surface area (Å²) in [4.78, 5) is 16.0. The first kappa shape index (κ1) is 15.5. The van der Waals surface area contributed by atoms with Crippen LogP contribution in [0.3, 0.4) is 0 Å². The van der Waals surface area contributed by atoms with Crippen molar-refractivity contribution in [2.75, 3.05) is 31.5 Å². The molecule has 6 nitrogen and oxygen atoms in total. The first-order chi connectivity index (χ1) is 11.1. The molecule has 7 heteroatoms. The van der Waals surface area contributed by atoms with E-state index in [1.54, 1.807) is 30.0 Å². The van der Waals surface area contributed by atoms with Crippen LogP contribution in [-0.2, 0) is 6.54 Å². The van der Waals surface area contributed by atoms with Gasteiger partial charge in [-0.15, -0.1) is 0 Å². The Morgan fingerprint density at radius 2 is 2.04 bits per heavy atom. The van der Waals surface area contributed by atoms with Crippen molar-refractivity contribution in [1.82, 2.24) is 15.0 Å². The number of nitrogens with zero attached hydrogens (tertiary/aromatic N) is 3. The number of benzene rings is 1. The van der Waals surface area contributed by atoms with E-state index in [-0.39, 0.29) is 11.8 Å². The van der Waals surface area contributed by atoms with E-state index >= 15 is 0 Å². The highest BCUT2D eigenvalue weighted by Gasteiger charge is 2.22. The maximum Gasteiger partial charge on any atom is 0.323 e. The van der Waals surface area contributed by atoms with Crippen LogP contribution in [0, 0.1) is 12.7 Å². The van der Waals surface area contributed by atoms with E-state index in [1.807, 2.05) is 6.07 Å². The van der Waals surface area contributed by atoms with Gasteiger partial charge in [0.1, 0.15) is 11.6 Å². The van der Waals surface area contributed by atoms with Crippen molar-refractivity contribution >= 4 is 11.8 Å². The molecular weight excluding hydrogens is 299 g/mol. The third kappa shape index (κ3) is 3.87. The highest BCUT2D eigenvalue weighted by Crippen LogP contribution is 2.13. The predicted octanol–water partition coefficient (Wildman–Crippen LogP) is 2.47. The molecule has 1 N–H and O–H groups in total. The third-order valence-corrected chi connectivity index (χ3v) is 3.87. The van der Waals surface area contributed by atoms with E-state index in [2.05, 4.69) is 15.4 Å². The Labute approximate surface area is 133 Å². The zero-order valence-electron chi connectivity index (χ0n) is 13.0. The minimum absolute atomic E-state index is 0.186. The van der Waals surface area contributed by atoms with Gasteiger partial charge in [-0.25, -0.2) is 9.18 Å². The topological polar surface area (TPSA) is 61.6 Å². The largest absolute Gasteiger partial charge is 0.360 e. The van der Waals surface area contributed by atoms with Crippen molar-refractivity contribution in [2.45, 2.75) is 13.5 Å². The number of aromatic nitrogens is 1. The number of amides is 2. The van der Waals surface area contributed by atoms with Crippen molar-refractivity contribution in [1.29, 1.82) is 0 Å². The van der Waals surface area contributed by atoms with Crippen LogP contribution >= 0.6 is 0 Å². The van der Waals surface area contributed by atoms with Crippen molar-refractivity contribution < 1.29 is 13.7 Å². The van der Waals surface area contributed by atoms with Crippen LogP contribution in [0.4, 0.5) is 15.0 Å². The van der Waals surface area contributed by atoms with E-state index in [0.717, 1.165) is 0 Å². The van der Waals surface area contributed by atoms with E-state index in [0.29, 0.717) is 49.9 Å². The maximum atomic E-state index is 13.7. The highest BCUT2D eigenvalue weighted by molar-refractivity contribution is 5.88. The molecule has 0 radical (unpaired) electrons. The van der Waals surface area contributed by atoms with Gasteiger partial charge < -0.3 is 9.42 Å². The van der Waals surface area contributed by atoms with E-state index in [9.17, 15) is 9.18 Å². The molecule has 0 bridgehead atoms. The molecule has 2 amide bonds. The lowest BCUT2D eigenvalue weighted by atomic mass is 10.2. The molecule has 2 aromatic rings. The van der Waals surface area contributed by atoms with Gasteiger partial charge in [0.2, 0.25) is 0 Å². The summed E-state index contributed by atoms with van der Waals surface area (Å²) in [6.45, 7) is 4.93. The number of piperazine rings is 1. The van der Waals surface area contributed by atoms with Crippen LogP contribution < -0.4 is 5.32 Å². The van der Waals surface area contributed by atoms with Crippen LogP contribution in [0.25, 0.3) is 0 Å². The number of rotatable bonds is 3. The van der Waals surface area contributed by atoms with Gasteiger partial charge in [0.25, 0.3) is 0 Å². The fraction of sp³-hybridized carbons (Fsp3) is 0.375. The molecule has 0 saturated carbocycles. The first-order valence-electron chi connectivity index (χ1n) is 7.57. The van der Waals surface area contributed by atoms with E-state index in [4.69, 9.17) is 4.52 Å². The number of urea groups is 1. The molecule has 0 unspecified atom stereocenters. The zero-order chi connectivity index (χ0) is 16.2. The molecule has 0 spiro atoms. The summed E-state index contributed by atoms with van der Waals surface area (Å²) in [5.41, 5.74) is 0.684. The standard InChI is InChI=1S/C16H19FN4O2/c1-12-10-15(19-23-12)18-16(22)21-8-6-20(7-9-21)11-13-4-2-3-5-14(13)17/h2-5,10H,6-9,11H2,1H3,(H,18,19,22). The van der Waals surface area contributed by atoms with Crippen molar-refractivity contribution in [3.05, 3.63) is 47.5 Å². The summed E-state index contributed by atoms with van der Waals surface area (Å²) in [5, 5.41) is 6.46. The molecule has 122 valence electrons.